The Hall–Kier alpha value is -5.02. The van der Waals surface area contributed by atoms with Gasteiger partial charge >= 0.3 is 0 Å². The number of phenols is 1. The third kappa shape index (κ3) is 10.8. The number of methoxy groups -OCH3 is 1. The molecule has 3 aromatic carbocycles. The molecule has 3 aliphatic carbocycles. The van der Waals surface area contributed by atoms with Gasteiger partial charge in [0, 0.05) is 25.2 Å². The van der Waals surface area contributed by atoms with Crippen LogP contribution in [0.4, 0.5) is 0 Å². The minimum Gasteiger partial charge on any atom is -0.504 e. The Bertz CT molecular complexity index is 2330. The number of benzene rings is 3. The Kier molecular flexibility index (Phi) is 14.3. The monoisotopic (exact) mass is 875 g/mol. The van der Waals surface area contributed by atoms with Crippen LogP contribution in [-0.4, -0.2) is 55.6 Å². The smallest absolute Gasteiger partial charge is 0.163 e. The first-order chi connectivity index (χ1) is 31.7. The van der Waals surface area contributed by atoms with Crippen molar-refractivity contribution < 1.29 is 19.4 Å². The molecule has 0 aromatic heterocycles. The molecule has 342 valence electrons. The SMILES string of the molecule is COc1cc(C=CC(=O)CC(=O)CC2C=CC3CCCC3(CC3C4CCNCC4CC4C=CCNC43)C2)c(CC2=CNC(N)C=C2CCc2cccc(CCc3ccccc3)c2)cc1O. The average Bonchev–Trinajstić information content (AvgIpc) is 3.74. The highest BCUT2D eigenvalue weighted by molar-refractivity contribution is 6.06. The summed E-state index contributed by atoms with van der Waals surface area (Å²) >= 11 is 0. The maximum atomic E-state index is 13.7. The Labute approximate surface area is 387 Å². The molecule has 8 heteroatoms. The van der Waals surface area contributed by atoms with E-state index in [4.69, 9.17) is 10.5 Å². The number of ether oxygens (including phenoxy) is 1. The van der Waals surface area contributed by atoms with E-state index in [9.17, 15) is 14.7 Å². The summed E-state index contributed by atoms with van der Waals surface area (Å²) in [4.78, 5) is 27.3. The maximum Gasteiger partial charge on any atom is 0.163 e. The summed E-state index contributed by atoms with van der Waals surface area (Å²) < 4.78 is 5.51. The molecule has 6 aliphatic rings. The van der Waals surface area contributed by atoms with Crippen molar-refractivity contribution in [2.24, 2.45) is 46.7 Å². The van der Waals surface area contributed by atoms with Gasteiger partial charge in [-0.3, -0.25) is 9.59 Å². The van der Waals surface area contributed by atoms with Crippen molar-refractivity contribution in [3.63, 3.8) is 0 Å². The van der Waals surface area contributed by atoms with Crippen molar-refractivity contribution >= 4 is 17.6 Å². The second-order valence-corrected chi connectivity index (χ2v) is 20.2. The summed E-state index contributed by atoms with van der Waals surface area (Å²) in [6.45, 7) is 3.24. The lowest BCUT2D eigenvalue weighted by atomic mass is 9.55. The number of aryl methyl sites for hydroxylation is 3. The largest absolute Gasteiger partial charge is 0.504 e. The van der Waals surface area contributed by atoms with Gasteiger partial charge in [-0.15, -0.1) is 0 Å². The van der Waals surface area contributed by atoms with Crippen LogP contribution in [-0.2, 0) is 35.3 Å². The van der Waals surface area contributed by atoms with Crippen molar-refractivity contribution in [3.05, 3.63) is 148 Å². The van der Waals surface area contributed by atoms with Crippen molar-refractivity contribution in [1.82, 2.24) is 16.0 Å². The van der Waals surface area contributed by atoms with Crippen LogP contribution in [0.15, 0.2) is 121 Å². The number of nitrogens with two attached hydrogens (primary N) is 1. The van der Waals surface area contributed by atoms with E-state index < -0.39 is 0 Å². The molecule has 0 radical (unpaired) electrons. The summed E-state index contributed by atoms with van der Waals surface area (Å²) in [5.74, 6) is 3.70. The normalized spacial score (nSPS) is 29.3. The van der Waals surface area contributed by atoms with Crippen molar-refractivity contribution in [3.8, 4) is 11.5 Å². The van der Waals surface area contributed by atoms with E-state index in [1.807, 2.05) is 6.20 Å². The molecule has 3 aromatic rings. The number of rotatable bonds is 17. The number of carbonyl (C=O) groups excluding carboxylic acids is 2. The highest BCUT2D eigenvalue weighted by Gasteiger charge is 2.52. The number of ketones is 2. The number of dihydropyridines is 1. The molecular formula is C57H70N4O4. The molecule has 3 aliphatic heterocycles. The molecule has 6 N–H and O–H groups in total. The zero-order valence-corrected chi connectivity index (χ0v) is 38.4. The second-order valence-electron chi connectivity index (χ2n) is 20.2. The van der Waals surface area contributed by atoms with Crippen LogP contribution in [0.1, 0.15) is 92.0 Å². The first-order valence-corrected chi connectivity index (χ1v) is 24.7. The van der Waals surface area contributed by atoms with E-state index >= 15 is 0 Å². The van der Waals surface area contributed by atoms with E-state index in [1.165, 1.54) is 68.4 Å². The van der Waals surface area contributed by atoms with Gasteiger partial charge in [-0.1, -0.05) is 91.4 Å². The summed E-state index contributed by atoms with van der Waals surface area (Å²) in [5, 5.41) is 21.9. The lowest BCUT2D eigenvalue weighted by molar-refractivity contribution is -0.125. The van der Waals surface area contributed by atoms with Crippen LogP contribution in [0.2, 0.25) is 0 Å². The van der Waals surface area contributed by atoms with E-state index in [2.05, 4.69) is 101 Å². The molecule has 0 bridgehead atoms. The van der Waals surface area contributed by atoms with E-state index in [0.29, 0.717) is 42.4 Å². The van der Waals surface area contributed by atoms with Gasteiger partial charge in [0.15, 0.2) is 17.3 Å². The average molecular weight is 875 g/mol. The fraction of sp³-hybridized carbons (Fsp3) is 0.474. The number of aromatic hydroxyl groups is 1. The van der Waals surface area contributed by atoms with Gasteiger partial charge in [-0.25, -0.2) is 0 Å². The lowest BCUT2D eigenvalue weighted by Crippen LogP contribution is -2.57. The number of hydrogen-bond donors (Lipinski definition) is 5. The quantitative estimate of drug-likeness (QED) is 0.0517. The minimum atomic E-state index is -0.294. The van der Waals surface area contributed by atoms with Crippen molar-refractivity contribution in [2.75, 3.05) is 26.7 Å². The van der Waals surface area contributed by atoms with Gasteiger partial charge in [-0.2, -0.15) is 0 Å². The Morgan fingerprint density at radius 1 is 0.938 bits per heavy atom. The second kappa shape index (κ2) is 20.7. The summed E-state index contributed by atoms with van der Waals surface area (Å²) in [7, 11) is 1.52. The highest BCUT2D eigenvalue weighted by atomic mass is 16.5. The first kappa shape index (κ1) is 45.1. The van der Waals surface area contributed by atoms with E-state index in [-0.39, 0.29) is 41.2 Å². The molecule has 3 heterocycles. The molecule has 3 fully saturated rings. The standard InChI is InChI=1S/C57H70N4O4/c1-65-54-31-42(45(30-53(54)64)29-46-37-61-55(58)32-43(46)18-16-40-11-5-10-39(26-40)15-14-38-8-3-2-4-9-38)19-21-49(62)33-50(63)27-41-17-20-48-13-6-23-57(48,34-41)35-52-51-22-25-59-36-47(51)28-44-12-7-24-60-56(44)52/h2-5,7-12,17,19-21,26,30-32,37,41,44,47-48,51-52,55-56,59-61,64H,6,13-16,18,22-25,27-29,33-36,58H2,1H3. The van der Waals surface area contributed by atoms with Crippen molar-refractivity contribution in [1.29, 1.82) is 0 Å². The number of nitrogens with one attached hydrogen (secondary N) is 3. The fourth-order valence-electron chi connectivity index (χ4n) is 12.9. The van der Waals surface area contributed by atoms with Gasteiger partial charge in [0.2, 0.25) is 0 Å². The molecule has 9 atom stereocenters. The van der Waals surface area contributed by atoms with Crippen LogP contribution in [0.3, 0.4) is 0 Å². The molecule has 1 saturated heterocycles. The molecule has 0 spiro atoms. The third-order valence-corrected chi connectivity index (χ3v) is 16.1. The van der Waals surface area contributed by atoms with Gasteiger partial charge in [-0.05, 0) is 188 Å². The number of Topliss-reactive ketones (excluding diaryl/α,β-unsaturated/α-hetero) is 1. The number of fused-ring (bicyclic) bond motifs is 3. The lowest BCUT2D eigenvalue weighted by Gasteiger charge is -2.54. The fourth-order valence-corrected chi connectivity index (χ4v) is 12.9. The molecule has 9 rings (SSSR count). The molecule has 8 nitrogen and oxygen atoms in total. The number of hydrogen-bond acceptors (Lipinski definition) is 8. The minimum absolute atomic E-state index is 0.00549. The van der Waals surface area contributed by atoms with Crippen LogP contribution >= 0.6 is 0 Å². The first-order valence-electron chi connectivity index (χ1n) is 24.7. The summed E-state index contributed by atoms with van der Waals surface area (Å²) in [5.41, 5.74) is 14.4. The molecule has 65 heavy (non-hydrogen) atoms. The zero-order chi connectivity index (χ0) is 44.8. The zero-order valence-electron chi connectivity index (χ0n) is 38.4. The third-order valence-electron chi connectivity index (χ3n) is 16.1. The topological polar surface area (TPSA) is 126 Å². The molecule has 2 saturated carbocycles. The number of phenolic OH excluding ortho intramolecular Hbond substituents is 1. The van der Waals surface area contributed by atoms with Crippen LogP contribution in [0.5, 0.6) is 11.5 Å². The van der Waals surface area contributed by atoms with Gasteiger partial charge in [0.1, 0.15) is 5.78 Å². The molecule has 0 amide bonds. The highest BCUT2D eigenvalue weighted by Crippen LogP contribution is 2.58. The predicted octanol–water partition coefficient (Wildman–Crippen LogP) is 9.13. The van der Waals surface area contributed by atoms with E-state index in [1.54, 1.807) is 18.2 Å². The summed E-state index contributed by atoms with van der Waals surface area (Å²) in [6, 6.07) is 23.5. The van der Waals surface area contributed by atoms with Crippen LogP contribution in [0.25, 0.3) is 6.08 Å². The maximum absolute atomic E-state index is 13.7. The van der Waals surface area contributed by atoms with Crippen LogP contribution in [0, 0.1) is 40.9 Å². The Morgan fingerprint density at radius 2 is 1.75 bits per heavy atom. The van der Waals surface area contributed by atoms with E-state index in [0.717, 1.165) is 85.8 Å². The predicted molar refractivity (Wildman–Crippen MR) is 261 cm³/mol. The molecule has 9 unspecified atom stereocenters. The van der Waals surface area contributed by atoms with Crippen LogP contribution < -0.4 is 26.4 Å². The van der Waals surface area contributed by atoms with Crippen molar-refractivity contribution in [2.45, 2.75) is 102 Å². The number of allylic oxidation sites excluding steroid dienone is 5. The summed E-state index contributed by atoms with van der Waals surface area (Å²) in [6.07, 6.45) is 29.8. The van der Waals surface area contributed by atoms with Gasteiger partial charge < -0.3 is 31.5 Å². The number of carbonyl (C=O) groups is 2. The number of piperidine rings is 1. The Balaban J connectivity index is 0.831. The Morgan fingerprint density at radius 3 is 2.60 bits per heavy atom. The van der Waals surface area contributed by atoms with Gasteiger partial charge in [0.25, 0.3) is 0 Å². The van der Waals surface area contributed by atoms with Gasteiger partial charge in [0.05, 0.1) is 19.7 Å². The molecular weight excluding hydrogens is 805 g/mol.